The summed E-state index contributed by atoms with van der Waals surface area (Å²) in [6.45, 7) is 2.96. The average Bonchev–Trinajstić information content (AvgIpc) is 3.56. The fraction of sp³-hybridized carbons (Fsp3) is 0.421. The maximum Gasteiger partial charge on any atom is 0.419 e. The van der Waals surface area contributed by atoms with Crippen molar-refractivity contribution < 1.29 is 32.5 Å². The Kier molecular flexibility index (Phi) is 12.0. The van der Waals surface area contributed by atoms with Crippen molar-refractivity contribution in [2.45, 2.75) is 76.5 Å². The van der Waals surface area contributed by atoms with E-state index in [0.29, 0.717) is 66.6 Å². The third kappa shape index (κ3) is 8.84. The van der Waals surface area contributed by atoms with Crippen molar-refractivity contribution in [1.82, 2.24) is 30.9 Å². The van der Waals surface area contributed by atoms with Crippen LogP contribution < -0.4 is 30.7 Å². The zero-order chi connectivity index (χ0) is 37.7. The van der Waals surface area contributed by atoms with Gasteiger partial charge in [0.05, 0.1) is 48.3 Å². The Hall–Kier alpha value is -4.50. The van der Waals surface area contributed by atoms with Gasteiger partial charge in [-0.2, -0.15) is 18.2 Å². The van der Waals surface area contributed by atoms with Gasteiger partial charge in [-0.1, -0.05) is 35.9 Å². The van der Waals surface area contributed by atoms with Crippen LogP contribution in [-0.4, -0.2) is 65.4 Å². The van der Waals surface area contributed by atoms with Gasteiger partial charge in [0.1, 0.15) is 5.82 Å². The number of hydrogen-bond acceptors (Lipinski definition) is 10. The Bertz CT molecular complexity index is 1940. The van der Waals surface area contributed by atoms with E-state index in [1.165, 1.54) is 7.11 Å². The summed E-state index contributed by atoms with van der Waals surface area (Å²) in [7, 11) is 2.92. The second kappa shape index (κ2) is 16.7. The number of aromatic nitrogens is 3. The lowest BCUT2D eigenvalue weighted by molar-refractivity contribution is -0.137. The molecule has 4 aromatic rings. The molecule has 5 N–H and O–H groups in total. The SMILES string of the molecule is COc1nc(-c2ccnc(-c3cccc4c3CCC[C@H]4Nc3nc(OC)c(CNC[C@@H](C)O)cc3C(F)(F)F)c2Cl)ccc1CNC[C@@H]1CCC(=O)N1. The van der Waals surface area contributed by atoms with E-state index in [4.69, 9.17) is 26.1 Å². The van der Waals surface area contributed by atoms with Crippen LogP contribution >= 0.6 is 11.6 Å². The largest absolute Gasteiger partial charge is 0.481 e. The summed E-state index contributed by atoms with van der Waals surface area (Å²) in [6, 6.07) is 11.9. The van der Waals surface area contributed by atoms with E-state index < -0.39 is 23.9 Å². The number of carbonyl (C=O) groups is 1. The fourth-order valence-corrected chi connectivity index (χ4v) is 7.25. The fourth-order valence-electron chi connectivity index (χ4n) is 6.94. The average molecular weight is 754 g/mol. The number of carbonyl (C=O) groups excluding carboxylic acids is 1. The number of rotatable bonds is 14. The highest BCUT2D eigenvalue weighted by molar-refractivity contribution is 6.35. The minimum absolute atomic E-state index is 0.0406. The Morgan fingerprint density at radius 2 is 1.77 bits per heavy atom. The number of pyridine rings is 3. The number of methoxy groups -OCH3 is 2. The first kappa shape index (κ1) is 38.2. The molecule has 0 saturated carbocycles. The Labute approximate surface area is 311 Å². The van der Waals surface area contributed by atoms with Crippen molar-refractivity contribution in [1.29, 1.82) is 0 Å². The molecule has 0 bridgehead atoms. The smallest absolute Gasteiger partial charge is 0.419 e. The molecule has 2 aliphatic rings. The quantitative estimate of drug-likeness (QED) is 0.101. The van der Waals surface area contributed by atoms with Gasteiger partial charge in [0, 0.05) is 67.1 Å². The van der Waals surface area contributed by atoms with Crippen molar-refractivity contribution >= 4 is 23.3 Å². The normalized spacial score (nSPS) is 17.6. The molecule has 1 aromatic carbocycles. The molecule has 0 radical (unpaired) electrons. The Morgan fingerprint density at radius 3 is 2.49 bits per heavy atom. The van der Waals surface area contributed by atoms with Crippen molar-refractivity contribution in [3.8, 4) is 34.3 Å². The van der Waals surface area contributed by atoms with Gasteiger partial charge in [-0.15, -0.1) is 0 Å². The molecule has 3 atom stereocenters. The van der Waals surface area contributed by atoms with Gasteiger partial charge in [-0.25, -0.2) is 4.98 Å². The number of hydrogen-bond donors (Lipinski definition) is 5. The Morgan fingerprint density at radius 1 is 1.00 bits per heavy atom. The van der Waals surface area contributed by atoms with Gasteiger partial charge >= 0.3 is 6.18 Å². The molecule has 1 amide bonds. The predicted octanol–water partition coefficient (Wildman–Crippen LogP) is 6.22. The van der Waals surface area contributed by atoms with Crippen molar-refractivity contribution in [3.63, 3.8) is 0 Å². The van der Waals surface area contributed by atoms with E-state index in [1.807, 2.05) is 30.3 Å². The van der Waals surface area contributed by atoms with E-state index in [2.05, 4.69) is 31.2 Å². The number of amides is 1. The lowest BCUT2D eigenvalue weighted by Crippen LogP contribution is -2.35. The molecule has 1 aliphatic carbocycles. The van der Waals surface area contributed by atoms with E-state index in [1.54, 1.807) is 26.3 Å². The number of aliphatic hydroxyl groups excluding tert-OH is 1. The highest BCUT2D eigenvalue weighted by Gasteiger charge is 2.37. The predicted molar refractivity (Wildman–Crippen MR) is 196 cm³/mol. The van der Waals surface area contributed by atoms with Crippen LogP contribution in [0, 0.1) is 0 Å². The molecule has 4 heterocycles. The molecule has 6 rings (SSSR count). The Balaban J connectivity index is 1.27. The van der Waals surface area contributed by atoms with Crippen molar-refractivity contribution in [2.24, 2.45) is 0 Å². The number of nitrogens with one attached hydrogen (secondary N) is 4. The maximum atomic E-state index is 14.4. The molecule has 0 spiro atoms. The number of aliphatic hydroxyl groups is 1. The van der Waals surface area contributed by atoms with Crippen LogP contribution in [0.3, 0.4) is 0 Å². The molecule has 1 saturated heterocycles. The summed E-state index contributed by atoms with van der Waals surface area (Å²) in [4.78, 5) is 25.2. The van der Waals surface area contributed by atoms with E-state index in [0.717, 1.165) is 34.7 Å². The van der Waals surface area contributed by atoms with Crippen molar-refractivity contribution in [3.05, 3.63) is 81.5 Å². The number of anilines is 1. The van der Waals surface area contributed by atoms with Crippen LogP contribution in [0.1, 0.15) is 66.5 Å². The van der Waals surface area contributed by atoms with Gasteiger partial charge in [0.15, 0.2) is 0 Å². The van der Waals surface area contributed by atoms with Gasteiger partial charge in [0.25, 0.3) is 0 Å². The third-order valence-corrected chi connectivity index (χ3v) is 9.86. The first-order valence-electron chi connectivity index (χ1n) is 17.6. The number of benzene rings is 1. The second-order valence-electron chi connectivity index (χ2n) is 13.3. The number of fused-ring (bicyclic) bond motifs is 1. The summed E-state index contributed by atoms with van der Waals surface area (Å²) >= 11 is 7.09. The lowest BCUT2D eigenvalue weighted by Gasteiger charge is -2.30. The van der Waals surface area contributed by atoms with Crippen LogP contribution in [0.25, 0.3) is 22.5 Å². The van der Waals surface area contributed by atoms with Crippen LogP contribution in [0.15, 0.2) is 48.7 Å². The summed E-state index contributed by atoms with van der Waals surface area (Å²) in [5.41, 5.74) is 4.52. The number of nitrogens with zero attached hydrogens (tertiary/aromatic N) is 3. The van der Waals surface area contributed by atoms with Gasteiger partial charge in [0.2, 0.25) is 17.7 Å². The number of ether oxygens (including phenoxy) is 2. The standard InChI is InChI=1S/C38H43ClF3N7O4/c1-21(50)17-43-19-23-16-29(38(40,41)42)35(49-37(23)53-3)47-30-9-5-6-25-26(30)7-4-8-27(25)34-33(39)28(14-15-45-34)31-12-10-22(36(48-31)52-2)18-44-20-24-11-13-32(51)46-24/h4,7-8,10,12,14-16,21,24,30,43-44,50H,5-6,9,11,13,17-20H2,1-3H3,(H,46,51)(H,47,49)/t21-,24+,30-/m1/s1. The molecular formula is C38H43ClF3N7O4. The summed E-state index contributed by atoms with van der Waals surface area (Å²) < 4.78 is 54.3. The van der Waals surface area contributed by atoms with Crippen molar-refractivity contribution in [2.75, 3.05) is 32.6 Å². The van der Waals surface area contributed by atoms with Gasteiger partial charge < -0.3 is 35.8 Å². The van der Waals surface area contributed by atoms with E-state index >= 15 is 0 Å². The monoisotopic (exact) mass is 753 g/mol. The zero-order valence-electron chi connectivity index (χ0n) is 29.7. The van der Waals surface area contributed by atoms with Gasteiger partial charge in [-0.05, 0) is 61.9 Å². The molecule has 282 valence electrons. The van der Waals surface area contributed by atoms with Crippen LogP contribution in [0.2, 0.25) is 5.02 Å². The highest BCUT2D eigenvalue weighted by Crippen LogP contribution is 2.43. The lowest BCUT2D eigenvalue weighted by atomic mass is 9.83. The van der Waals surface area contributed by atoms with Crippen LogP contribution in [0.4, 0.5) is 19.0 Å². The maximum absolute atomic E-state index is 14.4. The van der Waals surface area contributed by atoms with Crippen LogP contribution in [-0.2, 0) is 30.5 Å². The second-order valence-corrected chi connectivity index (χ2v) is 13.7. The molecule has 15 heteroatoms. The third-order valence-electron chi connectivity index (χ3n) is 9.48. The van der Waals surface area contributed by atoms with E-state index in [-0.39, 0.29) is 42.3 Å². The molecule has 53 heavy (non-hydrogen) atoms. The molecule has 1 fully saturated rings. The molecule has 0 unspecified atom stereocenters. The summed E-state index contributed by atoms with van der Waals surface area (Å²) in [6.07, 6.45) is -0.373. The topological polar surface area (TPSA) is 143 Å². The van der Waals surface area contributed by atoms with Crippen LogP contribution in [0.5, 0.6) is 11.8 Å². The number of alkyl halides is 3. The number of halogens is 4. The summed E-state index contributed by atoms with van der Waals surface area (Å²) in [5, 5.41) is 22.3. The first-order valence-corrected chi connectivity index (χ1v) is 18.0. The molecule has 11 nitrogen and oxygen atoms in total. The molecule has 3 aromatic heterocycles. The molecule has 1 aliphatic heterocycles. The minimum Gasteiger partial charge on any atom is -0.481 e. The molecular weight excluding hydrogens is 711 g/mol. The zero-order valence-corrected chi connectivity index (χ0v) is 30.5. The van der Waals surface area contributed by atoms with Gasteiger partial charge in [-0.3, -0.25) is 9.78 Å². The summed E-state index contributed by atoms with van der Waals surface area (Å²) in [5.74, 6) is 0.252. The highest BCUT2D eigenvalue weighted by atomic mass is 35.5. The minimum atomic E-state index is -4.68. The first-order chi connectivity index (χ1) is 25.5. The van der Waals surface area contributed by atoms with E-state index in [9.17, 15) is 23.1 Å².